The average molecular weight is 412 g/mol. The maximum atomic E-state index is 12.3. The lowest BCUT2D eigenvalue weighted by atomic mass is 10.1. The van der Waals surface area contributed by atoms with Gasteiger partial charge in [-0.2, -0.15) is 5.10 Å². The number of rotatable bonds is 4. The van der Waals surface area contributed by atoms with Crippen LogP contribution in [-0.4, -0.2) is 35.6 Å². The van der Waals surface area contributed by atoms with Crippen LogP contribution in [0.4, 0.5) is 10.6 Å². The van der Waals surface area contributed by atoms with E-state index in [-0.39, 0.29) is 6.03 Å². The number of aryl methyl sites for hydroxylation is 2. The zero-order valence-corrected chi connectivity index (χ0v) is 17.0. The summed E-state index contributed by atoms with van der Waals surface area (Å²) in [5, 5.41) is 13.8. The SMILES string of the molecule is Cc1cc(-c2n[nH]c3cc(NC(=O)NCc4cn5c(C)cccc5n4)ncc23)ccn1. The van der Waals surface area contributed by atoms with Crippen LogP contribution in [0, 0.1) is 13.8 Å². The number of hydrogen-bond acceptors (Lipinski definition) is 5. The van der Waals surface area contributed by atoms with E-state index in [1.165, 1.54) is 0 Å². The molecule has 3 N–H and O–H groups in total. The van der Waals surface area contributed by atoms with Crippen LogP contribution in [0.1, 0.15) is 17.1 Å². The molecule has 9 heteroatoms. The van der Waals surface area contributed by atoms with E-state index in [4.69, 9.17) is 0 Å². The minimum Gasteiger partial charge on any atom is -0.332 e. The molecule has 0 spiro atoms. The predicted octanol–water partition coefficient (Wildman–Crippen LogP) is 3.61. The number of nitrogens with zero attached hydrogens (tertiary/aromatic N) is 5. The molecule has 5 heterocycles. The average Bonchev–Trinajstić information content (AvgIpc) is 3.37. The number of imidazole rings is 1. The van der Waals surface area contributed by atoms with Crippen LogP contribution in [0.25, 0.3) is 27.8 Å². The van der Waals surface area contributed by atoms with Gasteiger partial charge < -0.3 is 9.72 Å². The van der Waals surface area contributed by atoms with Crippen LogP contribution in [0.2, 0.25) is 0 Å². The van der Waals surface area contributed by atoms with Gasteiger partial charge in [-0.3, -0.25) is 15.4 Å². The highest BCUT2D eigenvalue weighted by Crippen LogP contribution is 2.26. The molecule has 0 aliphatic rings. The van der Waals surface area contributed by atoms with Crippen molar-refractivity contribution in [2.24, 2.45) is 0 Å². The van der Waals surface area contributed by atoms with Gasteiger partial charge in [0.2, 0.25) is 0 Å². The van der Waals surface area contributed by atoms with Crippen molar-refractivity contribution in [2.45, 2.75) is 20.4 Å². The molecular weight excluding hydrogens is 392 g/mol. The number of carbonyl (C=O) groups is 1. The van der Waals surface area contributed by atoms with Crippen molar-refractivity contribution in [1.29, 1.82) is 0 Å². The first-order valence-electron chi connectivity index (χ1n) is 9.82. The van der Waals surface area contributed by atoms with Gasteiger partial charge in [0.1, 0.15) is 17.2 Å². The molecule has 0 fully saturated rings. The van der Waals surface area contributed by atoms with Crippen LogP contribution in [0.3, 0.4) is 0 Å². The Morgan fingerprint density at radius 1 is 1.16 bits per heavy atom. The van der Waals surface area contributed by atoms with Gasteiger partial charge in [0, 0.05) is 47.0 Å². The number of pyridine rings is 3. The standard InChI is InChI=1S/C22H20N8O/c1-13-8-15(6-7-23-13)21-17-11-24-19(9-18(17)28-29-21)27-22(31)25-10-16-12-30-14(2)4-3-5-20(30)26-16/h3-9,11-12H,10H2,1-2H3,(H,28,29)(H2,24,25,27,31). The Morgan fingerprint density at radius 3 is 2.90 bits per heavy atom. The molecule has 0 bridgehead atoms. The van der Waals surface area contributed by atoms with Crippen molar-refractivity contribution < 1.29 is 4.79 Å². The highest BCUT2D eigenvalue weighted by molar-refractivity contribution is 5.95. The number of H-pyrrole nitrogens is 1. The second-order valence-corrected chi connectivity index (χ2v) is 7.31. The van der Waals surface area contributed by atoms with Crippen molar-refractivity contribution in [2.75, 3.05) is 5.32 Å². The summed E-state index contributed by atoms with van der Waals surface area (Å²) < 4.78 is 1.99. The predicted molar refractivity (Wildman–Crippen MR) is 118 cm³/mol. The Hall–Kier alpha value is -4.27. The van der Waals surface area contributed by atoms with E-state index < -0.39 is 0 Å². The van der Waals surface area contributed by atoms with E-state index in [0.29, 0.717) is 12.4 Å². The number of hydrogen-bond donors (Lipinski definition) is 3. The number of fused-ring (bicyclic) bond motifs is 2. The summed E-state index contributed by atoms with van der Waals surface area (Å²) >= 11 is 0. The third-order valence-corrected chi connectivity index (χ3v) is 5.03. The lowest BCUT2D eigenvalue weighted by Gasteiger charge is -2.06. The van der Waals surface area contributed by atoms with Gasteiger partial charge >= 0.3 is 6.03 Å². The number of aromatic amines is 1. The summed E-state index contributed by atoms with van der Waals surface area (Å²) in [5.41, 5.74) is 6.16. The Bertz CT molecular complexity index is 1420. The van der Waals surface area contributed by atoms with E-state index in [1.807, 2.05) is 54.8 Å². The molecule has 0 atom stereocenters. The third kappa shape index (κ3) is 3.68. The molecule has 0 saturated heterocycles. The van der Waals surface area contributed by atoms with Crippen LogP contribution in [0.15, 0.2) is 55.0 Å². The number of nitrogens with one attached hydrogen (secondary N) is 3. The molecule has 5 rings (SSSR count). The third-order valence-electron chi connectivity index (χ3n) is 5.03. The minimum absolute atomic E-state index is 0.310. The van der Waals surface area contributed by atoms with Gasteiger partial charge in [0.15, 0.2) is 0 Å². The van der Waals surface area contributed by atoms with E-state index in [0.717, 1.165) is 44.9 Å². The summed E-state index contributed by atoms with van der Waals surface area (Å²) in [5.74, 6) is 0.428. The molecule has 0 aromatic carbocycles. The largest absolute Gasteiger partial charge is 0.332 e. The van der Waals surface area contributed by atoms with Crippen LogP contribution < -0.4 is 10.6 Å². The fourth-order valence-electron chi connectivity index (χ4n) is 3.51. The quantitative estimate of drug-likeness (QED) is 0.417. The first-order valence-corrected chi connectivity index (χ1v) is 9.82. The molecule has 154 valence electrons. The van der Waals surface area contributed by atoms with E-state index in [2.05, 4.69) is 35.8 Å². The van der Waals surface area contributed by atoms with Crippen molar-refractivity contribution in [3.05, 3.63) is 72.1 Å². The normalized spacial score (nSPS) is 11.2. The van der Waals surface area contributed by atoms with Crippen molar-refractivity contribution in [3.8, 4) is 11.3 Å². The second kappa shape index (κ2) is 7.52. The fraction of sp³-hybridized carbons (Fsp3) is 0.136. The summed E-state index contributed by atoms with van der Waals surface area (Å²) in [6, 6.07) is 11.2. The van der Waals surface area contributed by atoms with Gasteiger partial charge in [0.25, 0.3) is 0 Å². The van der Waals surface area contributed by atoms with Crippen LogP contribution in [-0.2, 0) is 6.54 Å². The molecule has 0 aliphatic heterocycles. The van der Waals surface area contributed by atoms with Gasteiger partial charge in [0.05, 0.1) is 17.8 Å². The van der Waals surface area contributed by atoms with Gasteiger partial charge in [-0.25, -0.2) is 14.8 Å². The minimum atomic E-state index is -0.356. The van der Waals surface area contributed by atoms with E-state index in [1.54, 1.807) is 18.5 Å². The summed E-state index contributed by atoms with van der Waals surface area (Å²) in [7, 11) is 0. The Kier molecular flexibility index (Phi) is 4.55. The summed E-state index contributed by atoms with van der Waals surface area (Å²) in [4.78, 5) is 25.4. The lowest BCUT2D eigenvalue weighted by molar-refractivity contribution is 0.251. The number of anilines is 1. The summed E-state index contributed by atoms with van der Waals surface area (Å²) in [6.45, 7) is 4.26. The number of urea groups is 1. The molecule has 31 heavy (non-hydrogen) atoms. The number of amides is 2. The van der Waals surface area contributed by atoms with Gasteiger partial charge in [-0.1, -0.05) is 6.07 Å². The molecule has 0 radical (unpaired) electrons. The molecule has 0 saturated carbocycles. The molecular formula is C22H20N8O. The van der Waals surface area contributed by atoms with Crippen molar-refractivity contribution >= 4 is 28.4 Å². The molecule has 5 aromatic heterocycles. The number of aromatic nitrogens is 6. The maximum Gasteiger partial charge on any atom is 0.320 e. The van der Waals surface area contributed by atoms with Crippen LogP contribution >= 0.6 is 0 Å². The second-order valence-electron chi connectivity index (χ2n) is 7.31. The highest BCUT2D eigenvalue weighted by Gasteiger charge is 2.11. The van der Waals surface area contributed by atoms with Crippen LogP contribution in [0.5, 0.6) is 0 Å². The maximum absolute atomic E-state index is 12.3. The molecule has 0 unspecified atom stereocenters. The number of carbonyl (C=O) groups excluding carboxylic acids is 1. The van der Waals surface area contributed by atoms with Gasteiger partial charge in [-0.05, 0) is 38.1 Å². The zero-order chi connectivity index (χ0) is 21.4. The highest BCUT2D eigenvalue weighted by atomic mass is 16.2. The molecule has 9 nitrogen and oxygen atoms in total. The molecule has 5 aromatic rings. The Balaban J connectivity index is 1.28. The first kappa shape index (κ1) is 18.7. The molecule has 2 amide bonds. The van der Waals surface area contributed by atoms with E-state index >= 15 is 0 Å². The summed E-state index contributed by atoms with van der Waals surface area (Å²) in [6.07, 6.45) is 5.37. The lowest BCUT2D eigenvalue weighted by Crippen LogP contribution is -2.28. The fourth-order valence-corrected chi connectivity index (χ4v) is 3.51. The Labute approximate surface area is 177 Å². The smallest absolute Gasteiger partial charge is 0.320 e. The van der Waals surface area contributed by atoms with Crippen molar-refractivity contribution in [1.82, 2.24) is 34.9 Å². The first-order chi connectivity index (χ1) is 15.1. The van der Waals surface area contributed by atoms with Crippen molar-refractivity contribution in [3.63, 3.8) is 0 Å². The monoisotopic (exact) mass is 412 g/mol. The Morgan fingerprint density at radius 2 is 2.06 bits per heavy atom. The van der Waals surface area contributed by atoms with E-state index in [9.17, 15) is 4.79 Å². The van der Waals surface area contributed by atoms with Gasteiger partial charge in [-0.15, -0.1) is 0 Å². The zero-order valence-electron chi connectivity index (χ0n) is 17.0. The molecule has 0 aliphatic carbocycles. The topological polar surface area (TPSA) is 113 Å².